The molecule has 6 heteroatoms. The average Bonchev–Trinajstić information content (AvgIpc) is 3.30. The Morgan fingerprint density at radius 2 is 2.08 bits per heavy atom. The third-order valence-electron chi connectivity index (χ3n) is 3.77. The molecule has 0 radical (unpaired) electrons. The Kier molecular flexibility index (Phi) is 4.11. The van der Waals surface area contributed by atoms with Crippen LogP contribution in [0.3, 0.4) is 0 Å². The van der Waals surface area contributed by atoms with Gasteiger partial charge in [-0.05, 0) is 36.6 Å². The molecule has 0 saturated carbocycles. The van der Waals surface area contributed by atoms with Crippen molar-refractivity contribution in [3.8, 4) is 22.3 Å². The number of pyridine rings is 1. The molecule has 0 atom stereocenters. The lowest BCUT2D eigenvalue weighted by molar-refractivity contribution is 0.304. The molecule has 4 rings (SSSR count). The normalized spacial score (nSPS) is 11.0. The molecule has 0 aliphatic carbocycles. The lowest BCUT2D eigenvalue weighted by Gasteiger charge is -2.10. The summed E-state index contributed by atoms with van der Waals surface area (Å²) < 4.78 is 16.8. The monoisotopic (exact) mass is 352 g/mol. The first kappa shape index (κ1) is 15.7. The van der Waals surface area contributed by atoms with Gasteiger partial charge in [0.1, 0.15) is 30.1 Å². The summed E-state index contributed by atoms with van der Waals surface area (Å²) >= 11 is 1.59. The number of hydrogen-bond acceptors (Lipinski definition) is 6. The van der Waals surface area contributed by atoms with Crippen molar-refractivity contribution in [2.45, 2.75) is 13.5 Å². The Hall–Kier alpha value is -2.86. The van der Waals surface area contributed by atoms with Crippen molar-refractivity contribution in [1.82, 2.24) is 9.97 Å². The molecule has 25 heavy (non-hydrogen) atoms. The molecule has 4 aromatic rings. The predicted octanol–water partition coefficient (Wildman–Crippen LogP) is 4.85. The number of aryl methyl sites for hydroxylation is 1. The van der Waals surface area contributed by atoms with Gasteiger partial charge < -0.3 is 13.9 Å². The van der Waals surface area contributed by atoms with Crippen LogP contribution in [-0.2, 0) is 6.61 Å². The predicted molar refractivity (Wildman–Crippen MR) is 97.2 cm³/mol. The van der Waals surface area contributed by atoms with Gasteiger partial charge in [0, 0.05) is 17.1 Å². The SMILES string of the molecule is COc1ccc2nc(C)cc(OCc3coc(-c4cccs4)n3)c2c1. The second-order valence-corrected chi connectivity index (χ2v) is 6.50. The summed E-state index contributed by atoms with van der Waals surface area (Å²) in [7, 11) is 1.64. The first-order valence-electron chi connectivity index (χ1n) is 7.79. The van der Waals surface area contributed by atoms with Crippen LogP contribution < -0.4 is 9.47 Å². The van der Waals surface area contributed by atoms with Crippen LogP contribution in [0, 0.1) is 6.92 Å². The topological polar surface area (TPSA) is 57.4 Å². The summed E-state index contributed by atoms with van der Waals surface area (Å²) in [5.74, 6) is 2.14. The lowest BCUT2D eigenvalue weighted by Crippen LogP contribution is -1.98. The van der Waals surface area contributed by atoms with Crippen molar-refractivity contribution >= 4 is 22.2 Å². The van der Waals surface area contributed by atoms with E-state index in [0.29, 0.717) is 12.5 Å². The van der Waals surface area contributed by atoms with Crippen LogP contribution in [0.25, 0.3) is 21.7 Å². The van der Waals surface area contributed by atoms with E-state index in [-0.39, 0.29) is 0 Å². The molecule has 0 aliphatic heterocycles. The maximum Gasteiger partial charge on any atom is 0.236 e. The lowest BCUT2D eigenvalue weighted by atomic mass is 10.1. The standard InChI is InChI=1S/C19H16N2O3S/c1-12-8-17(15-9-14(22-2)5-6-16(15)20-12)23-10-13-11-24-19(21-13)18-4-3-7-25-18/h3-9,11H,10H2,1-2H3. The van der Waals surface area contributed by atoms with Gasteiger partial charge in [-0.25, -0.2) is 4.98 Å². The molecule has 0 bridgehead atoms. The van der Waals surface area contributed by atoms with Crippen molar-refractivity contribution in [3.05, 3.63) is 59.4 Å². The largest absolute Gasteiger partial charge is 0.497 e. The number of methoxy groups -OCH3 is 1. The van der Waals surface area contributed by atoms with Crippen molar-refractivity contribution in [2.24, 2.45) is 0 Å². The Bertz CT molecular complexity index is 1010. The second kappa shape index (κ2) is 6.57. The zero-order valence-electron chi connectivity index (χ0n) is 13.9. The van der Waals surface area contributed by atoms with Crippen LogP contribution >= 0.6 is 11.3 Å². The van der Waals surface area contributed by atoms with Crippen LogP contribution in [0.1, 0.15) is 11.4 Å². The van der Waals surface area contributed by atoms with Crippen LogP contribution in [-0.4, -0.2) is 17.1 Å². The first-order valence-corrected chi connectivity index (χ1v) is 8.67. The minimum absolute atomic E-state index is 0.324. The Balaban J connectivity index is 1.60. The molecule has 0 spiro atoms. The fraction of sp³-hybridized carbons (Fsp3) is 0.158. The molecule has 0 unspecified atom stereocenters. The van der Waals surface area contributed by atoms with E-state index in [1.165, 1.54) is 0 Å². The zero-order valence-corrected chi connectivity index (χ0v) is 14.7. The Morgan fingerprint density at radius 3 is 2.88 bits per heavy atom. The van der Waals surface area contributed by atoms with Gasteiger partial charge in [-0.1, -0.05) is 6.07 Å². The van der Waals surface area contributed by atoms with E-state index in [2.05, 4.69) is 9.97 Å². The molecule has 1 aromatic carbocycles. The fourth-order valence-electron chi connectivity index (χ4n) is 2.58. The van der Waals surface area contributed by atoms with E-state index in [1.54, 1.807) is 24.7 Å². The van der Waals surface area contributed by atoms with Crippen LogP contribution in [0.4, 0.5) is 0 Å². The molecule has 0 aliphatic rings. The number of hydrogen-bond donors (Lipinski definition) is 0. The third kappa shape index (κ3) is 3.21. The molecule has 0 amide bonds. The first-order chi connectivity index (χ1) is 12.2. The third-order valence-corrected chi connectivity index (χ3v) is 4.62. The highest BCUT2D eigenvalue weighted by atomic mass is 32.1. The van der Waals surface area contributed by atoms with Crippen molar-refractivity contribution < 1.29 is 13.9 Å². The van der Waals surface area contributed by atoms with Gasteiger partial charge in [-0.2, -0.15) is 0 Å². The maximum atomic E-state index is 6.00. The average molecular weight is 352 g/mol. The Morgan fingerprint density at radius 1 is 1.16 bits per heavy atom. The van der Waals surface area contributed by atoms with E-state index in [1.807, 2.05) is 48.7 Å². The van der Waals surface area contributed by atoms with Crippen LogP contribution in [0.15, 0.2) is 52.5 Å². The van der Waals surface area contributed by atoms with E-state index < -0.39 is 0 Å². The summed E-state index contributed by atoms with van der Waals surface area (Å²) in [5, 5.41) is 2.90. The van der Waals surface area contributed by atoms with Crippen LogP contribution in [0.2, 0.25) is 0 Å². The number of ether oxygens (including phenoxy) is 2. The fourth-order valence-corrected chi connectivity index (χ4v) is 3.24. The molecule has 3 aromatic heterocycles. The molecule has 126 valence electrons. The van der Waals surface area contributed by atoms with Gasteiger partial charge >= 0.3 is 0 Å². The molecule has 3 heterocycles. The summed E-state index contributed by atoms with van der Waals surface area (Å²) in [6, 6.07) is 11.6. The number of oxazole rings is 1. The van der Waals surface area contributed by atoms with Gasteiger partial charge in [-0.15, -0.1) is 11.3 Å². The minimum atomic E-state index is 0.324. The van der Waals surface area contributed by atoms with Crippen molar-refractivity contribution in [3.63, 3.8) is 0 Å². The van der Waals surface area contributed by atoms with Gasteiger partial charge in [0.25, 0.3) is 0 Å². The molecule has 0 saturated heterocycles. The minimum Gasteiger partial charge on any atom is -0.497 e. The quantitative estimate of drug-likeness (QED) is 0.514. The number of benzene rings is 1. The number of rotatable bonds is 5. The van der Waals surface area contributed by atoms with Gasteiger partial charge in [-0.3, -0.25) is 4.98 Å². The van der Waals surface area contributed by atoms with E-state index in [4.69, 9.17) is 13.9 Å². The van der Waals surface area contributed by atoms with Gasteiger partial charge in [0.15, 0.2) is 0 Å². The highest BCUT2D eigenvalue weighted by Crippen LogP contribution is 2.30. The summed E-state index contributed by atoms with van der Waals surface area (Å²) in [6.07, 6.45) is 1.63. The van der Waals surface area contributed by atoms with Gasteiger partial charge in [0.2, 0.25) is 5.89 Å². The summed E-state index contributed by atoms with van der Waals surface area (Å²) in [5.41, 5.74) is 2.51. The second-order valence-electron chi connectivity index (χ2n) is 5.55. The van der Waals surface area contributed by atoms with E-state index >= 15 is 0 Å². The molecular weight excluding hydrogens is 336 g/mol. The molecule has 0 fully saturated rings. The number of fused-ring (bicyclic) bond motifs is 1. The van der Waals surface area contributed by atoms with Crippen molar-refractivity contribution in [1.29, 1.82) is 0 Å². The van der Waals surface area contributed by atoms with Crippen molar-refractivity contribution in [2.75, 3.05) is 7.11 Å². The number of aromatic nitrogens is 2. The number of nitrogens with zero attached hydrogens (tertiary/aromatic N) is 2. The molecule has 0 N–H and O–H groups in total. The summed E-state index contributed by atoms with van der Waals surface area (Å²) in [6.45, 7) is 2.27. The summed E-state index contributed by atoms with van der Waals surface area (Å²) in [4.78, 5) is 10.0. The maximum absolute atomic E-state index is 6.00. The van der Waals surface area contributed by atoms with Crippen LogP contribution in [0.5, 0.6) is 11.5 Å². The Labute approximate surface area is 148 Å². The highest BCUT2D eigenvalue weighted by molar-refractivity contribution is 7.13. The smallest absolute Gasteiger partial charge is 0.236 e. The number of thiophene rings is 1. The van der Waals surface area contributed by atoms with Gasteiger partial charge in [0.05, 0.1) is 17.5 Å². The molecular formula is C19H16N2O3S. The zero-order chi connectivity index (χ0) is 17.2. The molecule has 5 nitrogen and oxygen atoms in total. The van der Waals surface area contributed by atoms with E-state index in [0.717, 1.165) is 38.7 Å². The van der Waals surface area contributed by atoms with E-state index in [9.17, 15) is 0 Å². The highest BCUT2D eigenvalue weighted by Gasteiger charge is 2.11.